The van der Waals surface area contributed by atoms with Gasteiger partial charge in [0, 0.05) is 0 Å². The molecule has 0 amide bonds. The molecule has 0 aliphatic heterocycles. The number of methoxy groups -OCH3 is 1. The summed E-state index contributed by atoms with van der Waals surface area (Å²) in [6, 6.07) is -0.348. The summed E-state index contributed by atoms with van der Waals surface area (Å²) in [6.45, 7) is 2.62. The van der Waals surface area contributed by atoms with Crippen molar-refractivity contribution in [1.29, 1.82) is 0 Å². The van der Waals surface area contributed by atoms with E-state index in [0.29, 0.717) is 18.6 Å². The highest BCUT2D eigenvalue weighted by Gasteiger charge is 2.26. The van der Waals surface area contributed by atoms with Gasteiger partial charge in [0.1, 0.15) is 6.04 Å². The van der Waals surface area contributed by atoms with Gasteiger partial charge in [0.15, 0.2) is 0 Å². The summed E-state index contributed by atoms with van der Waals surface area (Å²) >= 11 is 0. The Bertz CT molecular complexity index is 233. The highest BCUT2D eigenvalue weighted by atomic mass is 16.5. The number of hydrogen-bond acceptors (Lipinski definition) is 4. The average Bonchev–Trinajstić information content (AvgIpc) is 2.39. The first-order valence-corrected chi connectivity index (χ1v) is 6.59. The molecular formula is C13H25NO3. The van der Waals surface area contributed by atoms with Gasteiger partial charge >= 0.3 is 5.97 Å². The summed E-state index contributed by atoms with van der Waals surface area (Å²) in [6.07, 6.45) is 6.40. The van der Waals surface area contributed by atoms with Gasteiger partial charge in [0.05, 0.1) is 19.8 Å². The largest absolute Gasteiger partial charge is 0.468 e. The number of ether oxygens (including phenoxy) is 2. The van der Waals surface area contributed by atoms with E-state index >= 15 is 0 Å². The molecule has 0 aromatic carbocycles. The van der Waals surface area contributed by atoms with Crippen LogP contribution in [0.25, 0.3) is 0 Å². The normalized spacial score (nSPS) is 26.5. The Morgan fingerprint density at radius 1 is 1.41 bits per heavy atom. The second-order valence-corrected chi connectivity index (χ2v) is 4.69. The van der Waals surface area contributed by atoms with Crippen molar-refractivity contribution >= 4 is 5.97 Å². The van der Waals surface area contributed by atoms with E-state index in [9.17, 15) is 4.79 Å². The number of rotatable bonds is 6. The first-order chi connectivity index (χ1) is 8.22. The fourth-order valence-electron chi connectivity index (χ4n) is 2.49. The Hall–Kier alpha value is -0.610. The molecule has 17 heavy (non-hydrogen) atoms. The van der Waals surface area contributed by atoms with E-state index in [1.807, 2.05) is 0 Å². The number of carbonyl (C=O) groups is 1. The zero-order valence-electron chi connectivity index (χ0n) is 11.2. The summed E-state index contributed by atoms with van der Waals surface area (Å²) in [5.74, 6) is 0.398. The maximum atomic E-state index is 11.4. The minimum atomic E-state index is -0.348. The second kappa shape index (κ2) is 7.67. The summed E-state index contributed by atoms with van der Waals surface area (Å²) < 4.78 is 10.6. The predicted octanol–water partition coefficient (Wildman–Crippen LogP) is 1.73. The molecule has 0 aromatic heterocycles. The number of nitrogens with one attached hydrogen (secondary N) is 1. The standard InChI is InChI=1S/C13H25NO3/c1-4-10-7-5-6-8-12(10)17-9-11(14-2)13(15)16-3/h10-12,14H,4-9H2,1-3H3. The van der Waals surface area contributed by atoms with Gasteiger partial charge in [-0.05, 0) is 25.8 Å². The third-order valence-corrected chi connectivity index (χ3v) is 3.67. The van der Waals surface area contributed by atoms with E-state index in [-0.39, 0.29) is 12.0 Å². The summed E-state index contributed by atoms with van der Waals surface area (Å²) in [5, 5.41) is 2.93. The minimum absolute atomic E-state index is 0.253. The van der Waals surface area contributed by atoms with Gasteiger partial charge in [-0.15, -0.1) is 0 Å². The van der Waals surface area contributed by atoms with E-state index in [1.165, 1.54) is 26.4 Å². The van der Waals surface area contributed by atoms with Crippen LogP contribution >= 0.6 is 0 Å². The fourth-order valence-corrected chi connectivity index (χ4v) is 2.49. The van der Waals surface area contributed by atoms with Crippen molar-refractivity contribution in [2.24, 2.45) is 5.92 Å². The molecule has 1 saturated carbocycles. The highest BCUT2D eigenvalue weighted by Crippen LogP contribution is 2.29. The Kier molecular flexibility index (Phi) is 6.52. The summed E-state index contributed by atoms with van der Waals surface area (Å²) in [4.78, 5) is 11.4. The van der Waals surface area contributed by atoms with Gasteiger partial charge in [0.25, 0.3) is 0 Å². The van der Waals surface area contributed by atoms with Crippen molar-refractivity contribution in [2.45, 2.75) is 51.2 Å². The van der Waals surface area contributed by atoms with Crippen LogP contribution in [0.15, 0.2) is 0 Å². The lowest BCUT2D eigenvalue weighted by Gasteiger charge is -2.31. The Balaban J connectivity index is 2.38. The van der Waals surface area contributed by atoms with Crippen LogP contribution in [0.5, 0.6) is 0 Å². The fraction of sp³-hybridized carbons (Fsp3) is 0.923. The van der Waals surface area contributed by atoms with E-state index in [4.69, 9.17) is 9.47 Å². The smallest absolute Gasteiger partial charge is 0.325 e. The predicted molar refractivity (Wildman–Crippen MR) is 66.9 cm³/mol. The van der Waals surface area contributed by atoms with Crippen LogP contribution < -0.4 is 5.32 Å². The van der Waals surface area contributed by atoms with Crippen molar-refractivity contribution in [1.82, 2.24) is 5.32 Å². The molecule has 1 N–H and O–H groups in total. The molecule has 0 saturated heterocycles. The van der Waals surface area contributed by atoms with Crippen molar-refractivity contribution in [3.05, 3.63) is 0 Å². The lowest BCUT2D eigenvalue weighted by molar-refractivity contribution is -0.146. The average molecular weight is 243 g/mol. The molecule has 4 nitrogen and oxygen atoms in total. The maximum Gasteiger partial charge on any atom is 0.325 e. The molecule has 0 heterocycles. The first-order valence-electron chi connectivity index (χ1n) is 6.59. The molecule has 0 radical (unpaired) electrons. The van der Waals surface area contributed by atoms with Gasteiger partial charge in [-0.2, -0.15) is 0 Å². The van der Waals surface area contributed by atoms with E-state index in [0.717, 1.165) is 12.8 Å². The lowest BCUT2D eigenvalue weighted by atomic mass is 9.85. The van der Waals surface area contributed by atoms with Crippen molar-refractivity contribution in [3.8, 4) is 0 Å². The van der Waals surface area contributed by atoms with Gasteiger partial charge in [0.2, 0.25) is 0 Å². The highest BCUT2D eigenvalue weighted by molar-refractivity contribution is 5.75. The van der Waals surface area contributed by atoms with E-state index < -0.39 is 0 Å². The molecule has 1 rings (SSSR count). The third kappa shape index (κ3) is 4.28. The van der Waals surface area contributed by atoms with Crippen LogP contribution in [0.1, 0.15) is 39.0 Å². The summed E-state index contributed by atoms with van der Waals surface area (Å²) in [7, 11) is 3.16. The molecule has 0 spiro atoms. The molecule has 100 valence electrons. The molecule has 3 atom stereocenters. The molecule has 1 aliphatic carbocycles. The zero-order chi connectivity index (χ0) is 12.7. The third-order valence-electron chi connectivity index (χ3n) is 3.67. The summed E-state index contributed by atoms with van der Waals surface area (Å²) in [5.41, 5.74) is 0. The van der Waals surface area contributed by atoms with Gasteiger partial charge < -0.3 is 14.8 Å². The van der Waals surface area contributed by atoms with Gasteiger partial charge in [-0.1, -0.05) is 26.2 Å². The number of hydrogen-bond donors (Lipinski definition) is 1. The quantitative estimate of drug-likeness (QED) is 0.722. The molecular weight excluding hydrogens is 218 g/mol. The van der Waals surface area contributed by atoms with Crippen LogP contribution in [-0.4, -0.2) is 38.9 Å². The van der Waals surface area contributed by atoms with Crippen molar-refractivity contribution < 1.29 is 14.3 Å². The van der Waals surface area contributed by atoms with Crippen molar-refractivity contribution in [2.75, 3.05) is 20.8 Å². The molecule has 0 bridgehead atoms. The van der Waals surface area contributed by atoms with Crippen LogP contribution in [0.4, 0.5) is 0 Å². The Morgan fingerprint density at radius 2 is 2.12 bits per heavy atom. The van der Waals surface area contributed by atoms with E-state index in [1.54, 1.807) is 7.05 Å². The van der Waals surface area contributed by atoms with Gasteiger partial charge in [-0.25, -0.2) is 0 Å². The number of esters is 1. The topological polar surface area (TPSA) is 47.6 Å². The van der Waals surface area contributed by atoms with Crippen LogP contribution in [0.3, 0.4) is 0 Å². The minimum Gasteiger partial charge on any atom is -0.468 e. The Labute approximate surface area is 104 Å². The van der Waals surface area contributed by atoms with Crippen molar-refractivity contribution in [3.63, 3.8) is 0 Å². The van der Waals surface area contributed by atoms with Gasteiger partial charge in [-0.3, -0.25) is 4.79 Å². The molecule has 1 aliphatic rings. The van der Waals surface area contributed by atoms with Crippen LogP contribution in [-0.2, 0) is 14.3 Å². The van der Waals surface area contributed by atoms with Crippen LogP contribution in [0.2, 0.25) is 0 Å². The first kappa shape index (κ1) is 14.5. The zero-order valence-corrected chi connectivity index (χ0v) is 11.2. The molecule has 3 unspecified atom stereocenters. The van der Waals surface area contributed by atoms with Crippen LogP contribution in [0, 0.1) is 5.92 Å². The van der Waals surface area contributed by atoms with E-state index in [2.05, 4.69) is 12.2 Å². The second-order valence-electron chi connectivity index (χ2n) is 4.69. The number of carbonyl (C=O) groups excluding carboxylic acids is 1. The SMILES string of the molecule is CCC1CCCCC1OCC(NC)C(=O)OC. The monoisotopic (exact) mass is 243 g/mol. The maximum absolute atomic E-state index is 11.4. The molecule has 1 fully saturated rings. The Morgan fingerprint density at radius 3 is 2.71 bits per heavy atom. The lowest BCUT2D eigenvalue weighted by Crippen LogP contribution is -2.41. The molecule has 0 aromatic rings. The number of likely N-dealkylation sites (N-methyl/N-ethyl adjacent to an activating group) is 1. The molecule has 4 heteroatoms.